The molecule has 6 heteroatoms. The first-order valence-electron chi connectivity index (χ1n) is 7.64. The minimum atomic E-state index is -0.939. The molecular formula is C14H25N3O3. The van der Waals surface area contributed by atoms with Crippen LogP contribution in [0.4, 0.5) is 4.79 Å². The molecule has 2 aliphatic rings. The molecular weight excluding hydrogens is 258 g/mol. The molecule has 2 heterocycles. The zero-order chi connectivity index (χ0) is 14.5. The van der Waals surface area contributed by atoms with Gasteiger partial charge in [0.05, 0.1) is 0 Å². The number of rotatable bonds is 5. The maximum Gasteiger partial charge on any atom is 0.326 e. The van der Waals surface area contributed by atoms with E-state index in [0.29, 0.717) is 19.0 Å². The van der Waals surface area contributed by atoms with Crippen LogP contribution >= 0.6 is 0 Å². The van der Waals surface area contributed by atoms with Crippen molar-refractivity contribution in [2.24, 2.45) is 0 Å². The van der Waals surface area contributed by atoms with E-state index in [-0.39, 0.29) is 6.03 Å². The number of carboxylic acids is 1. The van der Waals surface area contributed by atoms with Crippen LogP contribution in [0.2, 0.25) is 0 Å². The number of amides is 2. The molecule has 6 nitrogen and oxygen atoms in total. The van der Waals surface area contributed by atoms with Gasteiger partial charge in [-0.15, -0.1) is 0 Å². The number of hydrogen-bond donors (Lipinski definition) is 2. The Kier molecular flexibility index (Phi) is 5.23. The Bertz CT molecular complexity index is 362. The number of carboxylic acid groups (broad SMARTS) is 1. The number of piperazine rings is 1. The summed E-state index contributed by atoms with van der Waals surface area (Å²) in [6.45, 7) is 5.48. The van der Waals surface area contributed by atoms with Crippen LogP contribution < -0.4 is 5.32 Å². The van der Waals surface area contributed by atoms with Crippen molar-refractivity contribution in [2.45, 2.75) is 51.1 Å². The SMILES string of the molecule is CCCC[C@H](NC(=O)N1CCN2CCCC2C1)C(=O)O. The Morgan fingerprint density at radius 3 is 2.85 bits per heavy atom. The summed E-state index contributed by atoms with van der Waals surface area (Å²) in [5.41, 5.74) is 0. The molecule has 0 aromatic carbocycles. The number of hydrogen-bond acceptors (Lipinski definition) is 3. The minimum Gasteiger partial charge on any atom is -0.480 e. The molecule has 2 fully saturated rings. The van der Waals surface area contributed by atoms with Crippen molar-refractivity contribution in [3.8, 4) is 0 Å². The lowest BCUT2D eigenvalue weighted by Crippen LogP contribution is -2.56. The zero-order valence-corrected chi connectivity index (χ0v) is 12.2. The van der Waals surface area contributed by atoms with Crippen molar-refractivity contribution in [1.29, 1.82) is 0 Å². The molecule has 0 radical (unpaired) electrons. The van der Waals surface area contributed by atoms with E-state index in [1.807, 2.05) is 6.92 Å². The molecule has 2 N–H and O–H groups in total. The second-order valence-electron chi connectivity index (χ2n) is 5.76. The van der Waals surface area contributed by atoms with Gasteiger partial charge >= 0.3 is 12.0 Å². The van der Waals surface area contributed by atoms with Crippen molar-refractivity contribution >= 4 is 12.0 Å². The number of carbonyl (C=O) groups is 2. The van der Waals surface area contributed by atoms with Crippen LogP contribution in [-0.4, -0.2) is 65.2 Å². The lowest BCUT2D eigenvalue weighted by atomic mass is 10.1. The first kappa shape index (κ1) is 15.1. The Balaban J connectivity index is 1.85. The fourth-order valence-corrected chi connectivity index (χ4v) is 3.08. The van der Waals surface area contributed by atoms with Gasteiger partial charge in [-0.1, -0.05) is 19.8 Å². The maximum atomic E-state index is 12.2. The number of fused-ring (bicyclic) bond motifs is 1. The van der Waals surface area contributed by atoms with Gasteiger partial charge in [-0.3, -0.25) is 4.90 Å². The largest absolute Gasteiger partial charge is 0.480 e. The topological polar surface area (TPSA) is 72.9 Å². The number of nitrogens with zero attached hydrogens (tertiary/aromatic N) is 2. The highest BCUT2D eigenvalue weighted by atomic mass is 16.4. The molecule has 0 aromatic rings. The summed E-state index contributed by atoms with van der Waals surface area (Å²) >= 11 is 0. The summed E-state index contributed by atoms with van der Waals surface area (Å²) in [5, 5.41) is 11.8. The average molecular weight is 283 g/mol. The van der Waals surface area contributed by atoms with Crippen molar-refractivity contribution in [2.75, 3.05) is 26.2 Å². The Morgan fingerprint density at radius 1 is 1.35 bits per heavy atom. The quantitative estimate of drug-likeness (QED) is 0.793. The highest BCUT2D eigenvalue weighted by molar-refractivity contribution is 5.82. The fourth-order valence-electron chi connectivity index (χ4n) is 3.08. The molecule has 2 saturated heterocycles. The van der Waals surface area contributed by atoms with Gasteiger partial charge in [0.25, 0.3) is 0 Å². The maximum absolute atomic E-state index is 12.2. The van der Waals surface area contributed by atoms with Gasteiger partial charge in [-0.05, 0) is 25.8 Å². The van der Waals surface area contributed by atoms with Crippen molar-refractivity contribution in [3.05, 3.63) is 0 Å². The third-order valence-electron chi connectivity index (χ3n) is 4.32. The van der Waals surface area contributed by atoms with Crippen LogP contribution in [0.15, 0.2) is 0 Å². The summed E-state index contributed by atoms with van der Waals surface area (Å²) in [4.78, 5) is 27.6. The third kappa shape index (κ3) is 3.62. The normalized spacial score (nSPS) is 24.2. The van der Waals surface area contributed by atoms with E-state index < -0.39 is 12.0 Å². The lowest BCUT2D eigenvalue weighted by Gasteiger charge is -2.37. The summed E-state index contributed by atoms with van der Waals surface area (Å²) in [7, 11) is 0. The fraction of sp³-hybridized carbons (Fsp3) is 0.857. The van der Waals surface area contributed by atoms with E-state index in [0.717, 1.165) is 38.9 Å². The number of urea groups is 1. The van der Waals surface area contributed by atoms with E-state index in [9.17, 15) is 9.59 Å². The van der Waals surface area contributed by atoms with Crippen LogP contribution in [0.3, 0.4) is 0 Å². The second-order valence-corrected chi connectivity index (χ2v) is 5.76. The first-order chi connectivity index (χ1) is 9.61. The van der Waals surface area contributed by atoms with Gasteiger partial charge in [0.15, 0.2) is 0 Å². The van der Waals surface area contributed by atoms with Crippen LogP contribution in [0.1, 0.15) is 39.0 Å². The number of aliphatic carboxylic acids is 1. The predicted molar refractivity (Wildman–Crippen MR) is 75.6 cm³/mol. The van der Waals surface area contributed by atoms with E-state index in [1.54, 1.807) is 4.90 Å². The summed E-state index contributed by atoms with van der Waals surface area (Å²) in [5.74, 6) is -0.939. The van der Waals surface area contributed by atoms with E-state index in [4.69, 9.17) is 5.11 Å². The monoisotopic (exact) mass is 283 g/mol. The smallest absolute Gasteiger partial charge is 0.326 e. The molecule has 0 bridgehead atoms. The molecule has 0 saturated carbocycles. The van der Waals surface area contributed by atoms with Gasteiger partial charge in [0.2, 0.25) is 0 Å². The number of nitrogens with one attached hydrogen (secondary N) is 1. The van der Waals surface area contributed by atoms with E-state index in [1.165, 1.54) is 6.42 Å². The van der Waals surface area contributed by atoms with Crippen LogP contribution in [0.5, 0.6) is 0 Å². The van der Waals surface area contributed by atoms with Crippen molar-refractivity contribution < 1.29 is 14.7 Å². The minimum absolute atomic E-state index is 0.222. The highest BCUT2D eigenvalue weighted by Crippen LogP contribution is 2.21. The highest BCUT2D eigenvalue weighted by Gasteiger charge is 2.33. The van der Waals surface area contributed by atoms with Gasteiger partial charge in [-0.25, -0.2) is 9.59 Å². The van der Waals surface area contributed by atoms with Crippen molar-refractivity contribution in [1.82, 2.24) is 15.1 Å². The van der Waals surface area contributed by atoms with Gasteiger partial charge < -0.3 is 15.3 Å². The number of unbranched alkanes of at least 4 members (excludes halogenated alkanes) is 1. The zero-order valence-electron chi connectivity index (χ0n) is 12.2. The Labute approximate surface area is 120 Å². The molecule has 2 amide bonds. The summed E-state index contributed by atoms with van der Waals surface area (Å²) in [6.07, 6.45) is 4.59. The average Bonchev–Trinajstić information content (AvgIpc) is 2.90. The number of carbonyl (C=O) groups excluding carboxylic acids is 1. The van der Waals surface area contributed by atoms with E-state index in [2.05, 4.69) is 10.2 Å². The van der Waals surface area contributed by atoms with Crippen LogP contribution in [-0.2, 0) is 4.79 Å². The van der Waals surface area contributed by atoms with Gasteiger partial charge in [0, 0.05) is 25.7 Å². The molecule has 20 heavy (non-hydrogen) atoms. The van der Waals surface area contributed by atoms with Gasteiger partial charge in [-0.2, -0.15) is 0 Å². The van der Waals surface area contributed by atoms with E-state index >= 15 is 0 Å². The predicted octanol–water partition coefficient (Wildman–Crippen LogP) is 1.12. The molecule has 2 aliphatic heterocycles. The second kappa shape index (κ2) is 6.92. The van der Waals surface area contributed by atoms with Crippen LogP contribution in [0.25, 0.3) is 0 Å². The molecule has 114 valence electrons. The molecule has 2 rings (SSSR count). The summed E-state index contributed by atoms with van der Waals surface area (Å²) in [6, 6.07) is -0.516. The molecule has 1 unspecified atom stereocenters. The first-order valence-corrected chi connectivity index (χ1v) is 7.64. The molecule has 0 aliphatic carbocycles. The molecule has 0 spiro atoms. The van der Waals surface area contributed by atoms with Crippen molar-refractivity contribution in [3.63, 3.8) is 0 Å². The lowest BCUT2D eigenvalue weighted by molar-refractivity contribution is -0.139. The molecule has 2 atom stereocenters. The molecule has 0 aromatic heterocycles. The summed E-state index contributed by atoms with van der Waals surface area (Å²) < 4.78 is 0. The van der Waals surface area contributed by atoms with Gasteiger partial charge in [0.1, 0.15) is 6.04 Å². The van der Waals surface area contributed by atoms with Crippen LogP contribution in [0, 0.1) is 0 Å². The Morgan fingerprint density at radius 2 is 2.15 bits per heavy atom. The Hall–Kier alpha value is -1.30. The third-order valence-corrected chi connectivity index (χ3v) is 4.32. The standard InChI is InChI=1S/C14H25N3O3/c1-2-3-6-12(13(18)19)15-14(20)17-9-8-16-7-4-5-11(16)10-17/h11-12H,2-10H2,1H3,(H,15,20)(H,18,19)/t11?,12-/m0/s1.